The predicted molar refractivity (Wildman–Crippen MR) is 90.7 cm³/mol. The van der Waals surface area contributed by atoms with Gasteiger partial charge in [-0.1, -0.05) is 18.0 Å². The first-order valence-electron chi connectivity index (χ1n) is 6.97. The minimum absolute atomic E-state index is 0.260. The normalized spacial score (nSPS) is 21.1. The Hall–Kier alpha value is -1.27. The number of halogens is 2. The number of guanidine groups is 2. The predicted octanol–water partition coefficient (Wildman–Crippen LogP) is 3.21. The summed E-state index contributed by atoms with van der Waals surface area (Å²) >= 11 is 9.59. The van der Waals surface area contributed by atoms with Gasteiger partial charge in [0.1, 0.15) is 5.66 Å². The molecule has 21 heavy (non-hydrogen) atoms. The van der Waals surface area contributed by atoms with E-state index in [2.05, 4.69) is 25.9 Å². The van der Waals surface area contributed by atoms with Crippen LogP contribution in [0.25, 0.3) is 0 Å². The van der Waals surface area contributed by atoms with Crippen molar-refractivity contribution in [1.82, 2.24) is 0 Å². The smallest absolute Gasteiger partial charge is 0.220 e. The third-order valence-electron chi connectivity index (χ3n) is 4.00. The third-order valence-corrected chi connectivity index (χ3v) is 4.87. The number of anilines is 1. The summed E-state index contributed by atoms with van der Waals surface area (Å²) in [6.45, 7) is 0. The van der Waals surface area contributed by atoms with Crippen molar-refractivity contribution >= 4 is 45.1 Å². The molecule has 112 valence electrons. The summed E-state index contributed by atoms with van der Waals surface area (Å²) in [5.74, 6) is 0.642. The standard InChI is InChI=1S/C14H17BrClN5/c15-10-8-9(16)4-5-11(10)21-13(18)19-12(17)20-14(21)6-2-1-3-7-14/h4-5,8H,1-3,6-7H2,(H4,17,18,19,20). The highest BCUT2D eigenvalue weighted by molar-refractivity contribution is 9.10. The number of nitrogens with zero attached hydrogens (tertiary/aromatic N) is 3. The van der Waals surface area contributed by atoms with Crippen LogP contribution in [0, 0.1) is 0 Å². The molecule has 1 aliphatic heterocycles. The molecular weight excluding hydrogens is 354 g/mol. The summed E-state index contributed by atoms with van der Waals surface area (Å²) in [6, 6.07) is 5.62. The van der Waals surface area contributed by atoms with Crippen molar-refractivity contribution in [3.05, 3.63) is 27.7 Å². The van der Waals surface area contributed by atoms with Crippen LogP contribution in [0.1, 0.15) is 32.1 Å². The first kappa shape index (κ1) is 14.7. The van der Waals surface area contributed by atoms with Gasteiger partial charge in [0.2, 0.25) is 11.9 Å². The van der Waals surface area contributed by atoms with E-state index in [0.29, 0.717) is 11.0 Å². The first-order chi connectivity index (χ1) is 10.0. The van der Waals surface area contributed by atoms with E-state index in [0.717, 1.165) is 35.8 Å². The second-order valence-electron chi connectivity index (χ2n) is 5.41. The highest BCUT2D eigenvalue weighted by Gasteiger charge is 2.43. The largest absolute Gasteiger partial charge is 0.369 e. The molecule has 1 aromatic carbocycles. The molecule has 5 nitrogen and oxygen atoms in total. The van der Waals surface area contributed by atoms with Crippen LogP contribution >= 0.6 is 27.5 Å². The van der Waals surface area contributed by atoms with E-state index in [9.17, 15) is 0 Å². The van der Waals surface area contributed by atoms with Crippen molar-refractivity contribution in [2.45, 2.75) is 37.8 Å². The number of hydrogen-bond acceptors (Lipinski definition) is 5. The lowest BCUT2D eigenvalue weighted by molar-refractivity contribution is 0.305. The van der Waals surface area contributed by atoms with Crippen molar-refractivity contribution in [2.75, 3.05) is 4.90 Å². The van der Waals surface area contributed by atoms with Gasteiger partial charge in [0.15, 0.2) is 0 Å². The average Bonchev–Trinajstić information content (AvgIpc) is 2.41. The molecule has 0 bridgehead atoms. The van der Waals surface area contributed by atoms with E-state index < -0.39 is 5.66 Å². The quantitative estimate of drug-likeness (QED) is 0.796. The maximum atomic E-state index is 6.18. The first-order valence-corrected chi connectivity index (χ1v) is 8.14. The van der Waals surface area contributed by atoms with Crippen molar-refractivity contribution in [2.24, 2.45) is 21.5 Å². The Morgan fingerprint density at radius 2 is 1.90 bits per heavy atom. The Labute approximate surface area is 137 Å². The van der Waals surface area contributed by atoms with Gasteiger partial charge >= 0.3 is 0 Å². The average molecular weight is 371 g/mol. The third kappa shape index (κ3) is 2.62. The van der Waals surface area contributed by atoms with Gasteiger partial charge in [0, 0.05) is 9.50 Å². The summed E-state index contributed by atoms with van der Waals surface area (Å²) < 4.78 is 0.869. The molecule has 1 aromatic rings. The molecule has 1 saturated carbocycles. The summed E-state index contributed by atoms with van der Waals surface area (Å²) in [4.78, 5) is 10.8. The fraction of sp³-hybridized carbons (Fsp3) is 0.429. The van der Waals surface area contributed by atoms with Crippen LogP contribution in [0.5, 0.6) is 0 Å². The Balaban J connectivity index is 2.10. The van der Waals surface area contributed by atoms with Gasteiger partial charge in [-0.3, -0.25) is 4.90 Å². The summed E-state index contributed by atoms with van der Waals surface area (Å²) in [6.07, 6.45) is 5.25. The molecule has 1 heterocycles. The maximum absolute atomic E-state index is 6.18. The van der Waals surface area contributed by atoms with E-state index >= 15 is 0 Å². The number of hydrogen-bond donors (Lipinski definition) is 2. The van der Waals surface area contributed by atoms with E-state index in [4.69, 9.17) is 23.1 Å². The van der Waals surface area contributed by atoms with Crippen LogP contribution in [-0.2, 0) is 0 Å². The fourth-order valence-electron chi connectivity index (χ4n) is 3.13. The molecule has 2 aliphatic rings. The number of rotatable bonds is 1. The number of benzene rings is 1. The zero-order valence-electron chi connectivity index (χ0n) is 11.5. The summed E-state index contributed by atoms with van der Waals surface area (Å²) in [5, 5.41) is 0.666. The highest BCUT2D eigenvalue weighted by atomic mass is 79.9. The van der Waals surface area contributed by atoms with Crippen molar-refractivity contribution in [1.29, 1.82) is 0 Å². The van der Waals surface area contributed by atoms with Gasteiger partial charge in [-0.2, -0.15) is 4.99 Å². The minimum Gasteiger partial charge on any atom is -0.369 e. The lowest BCUT2D eigenvalue weighted by atomic mass is 9.87. The van der Waals surface area contributed by atoms with Gasteiger partial charge in [0.05, 0.1) is 5.69 Å². The van der Waals surface area contributed by atoms with E-state index in [1.165, 1.54) is 6.42 Å². The van der Waals surface area contributed by atoms with Gasteiger partial charge in [-0.25, -0.2) is 4.99 Å². The second-order valence-corrected chi connectivity index (χ2v) is 6.71. The van der Waals surface area contributed by atoms with Crippen LogP contribution in [0.3, 0.4) is 0 Å². The molecule has 3 rings (SSSR count). The molecule has 1 aliphatic carbocycles. The molecular formula is C14H17BrClN5. The topological polar surface area (TPSA) is 80.0 Å². The maximum Gasteiger partial charge on any atom is 0.220 e. The van der Waals surface area contributed by atoms with Crippen LogP contribution in [0.2, 0.25) is 5.02 Å². The van der Waals surface area contributed by atoms with Crippen molar-refractivity contribution in [3.63, 3.8) is 0 Å². The molecule has 1 fully saturated rings. The van der Waals surface area contributed by atoms with E-state index in [1.54, 1.807) is 0 Å². The van der Waals surface area contributed by atoms with E-state index in [-0.39, 0.29) is 5.96 Å². The molecule has 4 N–H and O–H groups in total. The van der Waals surface area contributed by atoms with Crippen LogP contribution in [0.15, 0.2) is 32.7 Å². The second kappa shape index (κ2) is 5.50. The van der Waals surface area contributed by atoms with Crippen LogP contribution in [0.4, 0.5) is 5.69 Å². The fourth-order valence-corrected chi connectivity index (χ4v) is 3.99. The van der Waals surface area contributed by atoms with E-state index in [1.807, 2.05) is 23.1 Å². The molecule has 0 unspecified atom stereocenters. The molecule has 0 atom stereocenters. The van der Waals surface area contributed by atoms with Gasteiger partial charge < -0.3 is 11.5 Å². The Morgan fingerprint density at radius 1 is 1.19 bits per heavy atom. The number of aliphatic imine (C=N–C) groups is 2. The van der Waals surface area contributed by atoms with Crippen molar-refractivity contribution in [3.8, 4) is 0 Å². The highest BCUT2D eigenvalue weighted by Crippen LogP contribution is 2.42. The summed E-state index contributed by atoms with van der Waals surface area (Å²) in [7, 11) is 0. The zero-order valence-corrected chi connectivity index (χ0v) is 13.9. The Bertz CT molecular complexity index is 622. The number of nitrogens with two attached hydrogens (primary N) is 2. The summed E-state index contributed by atoms with van der Waals surface area (Å²) in [5.41, 5.74) is 12.5. The van der Waals surface area contributed by atoms with Gasteiger partial charge in [-0.15, -0.1) is 0 Å². The van der Waals surface area contributed by atoms with Crippen LogP contribution < -0.4 is 16.4 Å². The minimum atomic E-state index is -0.426. The monoisotopic (exact) mass is 369 g/mol. The molecule has 1 spiro atoms. The Kier molecular flexibility index (Phi) is 3.84. The van der Waals surface area contributed by atoms with Gasteiger partial charge in [0.25, 0.3) is 0 Å². The lowest BCUT2D eigenvalue weighted by Gasteiger charge is -2.45. The lowest BCUT2D eigenvalue weighted by Crippen LogP contribution is -2.58. The molecule has 0 radical (unpaired) electrons. The SMILES string of the molecule is NC1=NC2(CCCCC2)N(c2ccc(Cl)cc2Br)C(N)=N1. The van der Waals surface area contributed by atoms with Crippen LogP contribution in [-0.4, -0.2) is 17.6 Å². The molecule has 7 heteroatoms. The molecule has 0 aromatic heterocycles. The molecule has 0 saturated heterocycles. The Morgan fingerprint density at radius 3 is 2.57 bits per heavy atom. The van der Waals surface area contributed by atoms with Gasteiger partial charge in [-0.05, 0) is 59.8 Å². The molecule has 0 amide bonds. The zero-order chi connectivity index (χ0) is 15.0. The van der Waals surface area contributed by atoms with Crippen molar-refractivity contribution < 1.29 is 0 Å².